The lowest BCUT2D eigenvalue weighted by Crippen LogP contribution is -2.33. The van der Waals surface area contributed by atoms with Crippen LogP contribution in [0.15, 0.2) is 18.2 Å². The van der Waals surface area contributed by atoms with Crippen LogP contribution in [0.4, 0.5) is 4.39 Å². The van der Waals surface area contributed by atoms with E-state index in [0.717, 1.165) is 11.5 Å². The van der Waals surface area contributed by atoms with Crippen molar-refractivity contribution in [3.63, 3.8) is 0 Å². The van der Waals surface area contributed by atoms with E-state index in [2.05, 4.69) is 12.2 Å². The minimum Gasteiger partial charge on any atom is -0.310 e. The van der Waals surface area contributed by atoms with Crippen LogP contribution in [-0.2, 0) is 6.54 Å². The van der Waals surface area contributed by atoms with Gasteiger partial charge in [0.1, 0.15) is 11.9 Å². The number of hydrogen-bond donors (Lipinski definition) is 1. The number of nitriles is 1. The van der Waals surface area contributed by atoms with E-state index in [4.69, 9.17) is 5.26 Å². The molecule has 1 saturated carbocycles. The summed E-state index contributed by atoms with van der Waals surface area (Å²) in [5.74, 6) is 0.353. The van der Waals surface area contributed by atoms with Crippen LogP contribution in [0.3, 0.4) is 0 Å². The van der Waals surface area contributed by atoms with Gasteiger partial charge in [-0.3, -0.25) is 0 Å². The number of rotatable bonds is 3. The molecule has 18 heavy (non-hydrogen) atoms. The zero-order chi connectivity index (χ0) is 13.0. The second-order valence-corrected chi connectivity index (χ2v) is 5.28. The first-order valence-corrected chi connectivity index (χ1v) is 6.61. The maximum Gasteiger partial charge on any atom is 0.140 e. The third kappa shape index (κ3) is 3.30. The molecular weight excluding hydrogens is 227 g/mol. The van der Waals surface area contributed by atoms with E-state index in [-0.39, 0.29) is 5.56 Å². The number of benzene rings is 1. The fourth-order valence-corrected chi connectivity index (χ4v) is 2.65. The Morgan fingerprint density at radius 2 is 2.28 bits per heavy atom. The van der Waals surface area contributed by atoms with E-state index in [1.807, 2.05) is 6.07 Å². The largest absolute Gasteiger partial charge is 0.310 e. The van der Waals surface area contributed by atoms with E-state index < -0.39 is 5.82 Å². The molecule has 0 spiro atoms. The molecule has 1 aromatic carbocycles. The van der Waals surface area contributed by atoms with Crippen molar-refractivity contribution in [2.24, 2.45) is 5.92 Å². The van der Waals surface area contributed by atoms with Crippen molar-refractivity contribution in [3.05, 3.63) is 35.1 Å². The van der Waals surface area contributed by atoms with Gasteiger partial charge >= 0.3 is 0 Å². The van der Waals surface area contributed by atoms with Crippen LogP contribution < -0.4 is 5.32 Å². The van der Waals surface area contributed by atoms with Gasteiger partial charge in [-0.1, -0.05) is 25.8 Å². The molecule has 2 nitrogen and oxygen atoms in total. The lowest BCUT2D eigenvalue weighted by Gasteiger charge is -2.27. The van der Waals surface area contributed by atoms with Gasteiger partial charge in [0.15, 0.2) is 0 Å². The third-order valence-electron chi connectivity index (χ3n) is 3.68. The molecule has 0 bridgehead atoms. The summed E-state index contributed by atoms with van der Waals surface area (Å²) >= 11 is 0. The van der Waals surface area contributed by atoms with Crippen molar-refractivity contribution in [1.29, 1.82) is 5.26 Å². The maximum atomic E-state index is 13.2. The Morgan fingerprint density at radius 1 is 1.44 bits per heavy atom. The Morgan fingerprint density at radius 3 is 3.00 bits per heavy atom. The predicted octanol–water partition coefficient (Wildman–Crippen LogP) is 3.37. The Kier molecular flexibility index (Phi) is 4.33. The molecule has 0 saturated heterocycles. The number of hydrogen-bond acceptors (Lipinski definition) is 2. The van der Waals surface area contributed by atoms with E-state index in [9.17, 15) is 4.39 Å². The van der Waals surface area contributed by atoms with Gasteiger partial charge < -0.3 is 5.32 Å². The molecule has 1 aromatic rings. The topological polar surface area (TPSA) is 35.8 Å². The molecule has 2 rings (SSSR count). The number of nitrogens with one attached hydrogen (secondary N) is 1. The van der Waals surface area contributed by atoms with Gasteiger partial charge in [0, 0.05) is 12.6 Å². The molecule has 0 amide bonds. The summed E-state index contributed by atoms with van der Waals surface area (Å²) in [5, 5.41) is 12.3. The zero-order valence-corrected chi connectivity index (χ0v) is 10.7. The van der Waals surface area contributed by atoms with Crippen molar-refractivity contribution in [2.75, 3.05) is 0 Å². The minimum absolute atomic E-state index is 0.131. The fraction of sp³-hybridized carbons (Fsp3) is 0.533. The third-order valence-corrected chi connectivity index (χ3v) is 3.68. The molecule has 0 radical (unpaired) electrons. The maximum absolute atomic E-state index is 13.2. The fourth-order valence-electron chi connectivity index (χ4n) is 2.65. The SMILES string of the molecule is CC1CCCC(NCc2ccc(F)c(C#N)c2)C1. The summed E-state index contributed by atoms with van der Waals surface area (Å²) in [6.07, 6.45) is 5.04. The van der Waals surface area contributed by atoms with E-state index in [1.165, 1.54) is 31.7 Å². The second-order valence-electron chi connectivity index (χ2n) is 5.28. The van der Waals surface area contributed by atoms with Crippen LogP contribution in [0, 0.1) is 23.1 Å². The van der Waals surface area contributed by atoms with Gasteiger partial charge in [0.2, 0.25) is 0 Å². The number of halogens is 1. The summed E-state index contributed by atoms with van der Waals surface area (Å²) in [6.45, 7) is 3.01. The summed E-state index contributed by atoms with van der Waals surface area (Å²) in [6, 6.07) is 7.19. The second kappa shape index (κ2) is 5.97. The molecule has 2 unspecified atom stereocenters. The first kappa shape index (κ1) is 13.0. The van der Waals surface area contributed by atoms with E-state index in [1.54, 1.807) is 12.1 Å². The van der Waals surface area contributed by atoms with Gasteiger partial charge in [0.05, 0.1) is 5.56 Å². The monoisotopic (exact) mass is 246 g/mol. The smallest absolute Gasteiger partial charge is 0.140 e. The average Bonchev–Trinajstić information content (AvgIpc) is 2.38. The Labute approximate surface area is 108 Å². The van der Waals surface area contributed by atoms with Gasteiger partial charge in [-0.25, -0.2) is 4.39 Å². The molecular formula is C15H19FN2. The quantitative estimate of drug-likeness (QED) is 0.887. The summed E-state index contributed by atoms with van der Waals surface area (Å²) in [7, 11) is 0. The summed E-state index contributed by atoms with van der Waals surface area (Å²) in [4.78, 5) is 0. The Hall–Kier alpha value is -1.40. The zero-order valence-electron chi connectivity index (χ0n) is 10.7. The lowest BCUT2D eigenvalue weighted by molar-refractivity contribution is 0.300. The van der Waals surface area contributed by atoms with Crippen LogP contribution in [0.25, 0.3) is 0 Å². The normalized spacial score (nSPS) is 23.6. The van der Waals surface area contributed by atoms with Crippen molar-refractivity contribution >= 4 is 0 Å². The van der Waals surface area contributed by atoms with Gasteiger partial charge in [-0.05, 0) is 36.5 Å². The van der Waals surface area contributed by atoms with Crippen LogP contribution in [0.5, 0.6) is 0 Å². The van der Waals surface area contributed by atoms with Crippen molar-refractivity contribution in [3.8, 4) is 6.07 Å². The molecule has 0 aromatic heterocycles. The molecule has 1 aliphatic rings. The lowest BCUT2D eigenvalue weighted by atomic mass is 9.87. The van der Waals surface area contributed by atoms with E-state index >= 15 is 0 Å². The molecule has 1 fully saturated rings. The highest BCUT2D eigenvalue weighted by Gasteiger charge is 2.18. The first-order chi connectivity index (χ1) is 8.69. The Bertz CT molecular complexity index is 450. The number of nitrogens with zero attached hydrogens (tertiary/aromatic N) is 1. The predicted molar refractivity (Wildman–Crippen MR) is 69.4 cm³/mol. The molecule has 96 valence electrons. The Balaban J connectivity index is 1.92. The average molecular weight is 246 g/mol. The van der Waals surface area contributed by atoms with Crippen LogP contribution in [0.2, 0.25) is 0 Å². The highest BCUT2D eigenvalue weighted by Crippen LogP contribution is 2.23. The molecule has 1 aliphatic carbocycles. The van der Waals surface area contributed by atoms with E-state index in [0.29, 0.717) is 12.6 Å². The van der Waals surface area contributed by atoms with Crippen molar-refractivity contribution in [2.45, 2.75) is 45.2 Å². The van der Waals surface area contributed by atoms with Gasteiger partial charge in [0.25, 0.3) is 0 Å². The minimum atomic E-state index is -0.437. The molecule has 3 heteroatoms. The van der Waals surface area contributed by atoms with Crippen molar-refractivity contribution < 1.29 is 4.39 Å². The van der Waals surface area contributed by atoms with Crippen LogP contribution >= 0.6 is 0 Å². The van der Waals surface area contributed by atoms with Gasteiger partial charge in [-0.15, -0.1) is 0 Å². The highest BCUT2D eigenvalue weighted by molar-refractivity contribution is 5.34. The van der Waals surface area contributed by atoms with Crippen LogP contribution in [-0.4, -0.2) is 6.04 Å². The van der Waals surface area contributed by atoms with Gasteiger partial charge in [-0.2, -0.15) is 5.26 Å². The molecule has 0 aliphatic heterocycles. The molecule has 2 atom stereocenters. The molecule has 1 N–H and O–H groups in total. The van der Waals surface area contributed by atoms with Crippen LogP contribution in [0.1, 0.15) is 43.7 Å². The summed E-state index contributed by atoms with van der Waals surface area (Å²) < 4.78 is 13.2. The first-order valence-electron chi connectivity index (χ1n) is 6.61. The molecule has 0 heterocycles. The standard InChI is InChI=1S/C15H19FN2/c1-11-3-2-4-14(7-11)18-10-12-5-6-15(16)13(8-12)9-17/h5-6,8,11,14,18H,2-4,7,10H2,1H3. The highest BCUT2D eigenvalue weighted by atomic mass is 19.1. The van der Waals surface area contributed by atoms with Crippen molar-refractivity contribution in [1.82, 2.24) is 5.32 Å². The summed E-state index contributed by atoms with van der Waals surface area (Å²) in [5.41, 5.74) is 1.11.